The highest BCUT2D eigenvalue weighted by Crippen LogP contribution is 2.28. The van der Waals surface area contributed by atoms with Gasteiger partial charge in [0.1, 0.15) is 5.75 Å². The predicted octanol–water partition coefficient (Wildman–Crippen LogP) is 3.96. The predicted molar refractivity (Wildman–Crippen MR) is 119 cm³/mol. The molecule has 0 aromatic heterocycles. The molecule has 0 bridgehead atoms. The van der Waals surface area contributed by atoms with Crippen molar-refractivity contribution in [2.45, 2.75) is 17.6 Å². The summed E-state index contributed by atoms with van der Waals surface area (Å²) in [4.78, 5) is 12.2. The summed E-state index contributed by atoms with van der Waals surface area (Å²) in [6.45, 7) is 2.42. The fourth-order valence-electron chi connectivity index (χ4n) is 2.46. The van der Waals surface area contributed by atoms with Crippen LogP contribution in [0, 0.1) is 0 Å². The quantitative estimate of drug-likeness (QED) is 0.506. The molecule has 0 aliphatic heterocycles. The Kier molecular flexibility index (Phi) is 9.10. The van der Waals surface area contributed by atoms with E-state index in [2.05, 4.69) is 10.0 Å². The second-order valence-electron chi connectivity index (χ2n) is 5.87. The second-order valence-corrected chi connectivity index (χ2v) is 9.56. The SMILES string of the molecule is CCNC(=O)c1cc(S(=O)(=O)NCCSCc2c(Cl)cccc2Cl)ccc1OC. The van der Waals surface area contributed by atoms with Gasteiger partial charge in [-0.3, -0.25) is 4.79 Å². The number of rotatable bonds is 10. The summed E-state index contributed by atoms with van der Waals surface area (Å²) in [7, 11) is -2.35. The molecule has 2 rings (SSSR count). The Bertz CT molecular complexity index is 948. The van der Waals surface area contributed by atoms with Gasteiger partial charge in [0.25, 0.3) is 5.91 Å². The summed E-state index contributed by atoms with van der Waals surface area (Å²) >= 11 is 13.8. The summed E-state index contributed by atoms with van der Waals surface area (Å²) in [5, 5.41) is 3.81. The molecule has 2 aromatic rings. The summed E-state index contributed by atoms with van der Waals surface area (Å²) in [6, 6.07) is 9.48. The normalized spacial score (nSPS) is 11.3. The topological polar surface area (TPSA) is 84.5 Å². The number of amides is 1. The average molecular weight is 477 g/mol. The van der Waals surface area contributed by atoms with E-state index in [1.54, 1.807) is 25.1 Å². The number of sulfonamides is 1. The van der Waals surface area contributed by atoms with Crippen molar-refractivity contribution in [1.29, 1.82) is 0 Å². The Morgan fingerprint density at radius 2 is 1.86 bits per heavy atom. The molecular weight excluding hydrogens is 455 g/mol. The Morgan fingerprint density at radius 1 is 1.17 bits per heavy atom. The van der Waals surface area contributed by atoms with Crippen LogP contribution in [0.1, 0.15) is 22.8 Å². The van der Waals surface area contributed by atoms with Gasteiger partial charge in [0, 0.05) is 34.6 Å². The van der Waals surface area contributed by atoms with Crippen molar-refractivity contribution in [3.05, 3.63) is 57.6 Å². The van der Waals surface area contributed by atoms with Crippen LogP contribution in [0.3, 0.4) is 0 Å². The van der Waals surface area contributed by atoms with Crippen molar-refractivity contribution in [3.8, 4) is 5.75 Å². The fraction of sp³-hybridized carbons (Fsp3) is 0.316. The third-order valence-electron chi connectivity index (χ3n) is 3.91. The molecule has 0 heterocycles. The first kappa shape index (κ1) is 23.8. The molecule has 0 aliphatic carbocycles. The van der Waals surface area contributed by atoms with Crippen molar-refractivity contribution in [1.82, 2.24) is 10.0 Å². The lowest BCUT2D eigenvalue weighted by atomic mass is 10.2. The molecule has 29 heavy (non-hydrogen) atoms. The molecule has 0 atom stereocenters. The van der Waals surface area contributed by atoms with Crippen LogP contribution in [0.15, 0.2) is 41.3 Å². The van der Waals surface area contributed by atoms with Crippen molar-refractivity contribution < 1.29 is 17.9 Å². The molecule has 0 unspecified atom stereocenters. The number of methoxy groups -OCH3 is 1. The minimum atomic E-state index is -3.77. The Balaban J connectivity index is 1.99. The standard InChI is InChI=1S/C19H22Cl2N2O4S2/c1-3-22-19(24)14-11-13(7-8-18(14)27-2)29(25,26)23-9-10-28-12-15-16(20)5-4-6-17(15)21/h4-8,11,23H,3,9-10,12H2,1-2H3,(H,22,24). The van der Waals surface area contributed by atoms with Crippen LogP contribution in [0.5, 0.6) is 5.75 Å². The van der Waals surface area contributed by atoms with E-state index >= 15 is 0 Å². The maximum absolute atomic E-state index is 12.6. The molecule has 0 aliphatic rings. The largest absolute Gasteiger partial charge is 0.496 e. The van der Waals surface area contributed by atoms with Crippen molar-refractivity contribution in [2.75, 3.05) is 26.0 Å². The Morgan fingerprint density at radius 3 is 2.48 bits per heavy atom. The number of thioether (sulfide) groups is 1. The van der Waals surface area contributed by atoms with E-state index < -0.39 is 15.9 Å². The van der Waals surface area contributed by atoms with Crippen LogP contribution < -0.4 is 14.8 Å². The van der Waals surface area contributed by atoms with Gasteiger partial charge in [0.15, 0.2) is 0 Å². The molecule has 6 nitrogen and oxygen atoms in total. The van der Waals surface area contributed by atoms with Crippen LogP contribution >= 0.6 is 35.0 Å². The minimum Gasteiger partial charge on any atom is -0.496 e. The zero-order valence-electron chi connectivity index (χ0n) is 16.0. The van der Waals surface area contributed by atoms with Crippen molar-refractivity contribution in [3.63, 3.8) is 0 Å². The Hall–Kier alpha value is -1.45. The second kappa shape index (κ2) is 11.1. The molecule has 0 radical (unpaired) electrons. The van der Waals surface area contributed by atoms with Crippen LogP contribution in [0.25, 0.3) is 0 Å². The number of benzene rings is 2. The molecule has 0 spiro atoms. The van der Waals surface area contributed by atoms with Gasteiger partial charge in [-0.1, -0.05) is 29.3 Å². The molecular formula is C19H22Cl2N2O4S2. The smallest absolute Gasteiger partial charge is 0.255 e. The van der Waals surface area contributed by atoms with Crippen LogP contribution in [0.2, 0.25) is 10.0 Å². The number of carbonyl (C=O) groups is 1. The van der Waals surface area contributed by atoms with Gasteiger partial charge in [-0.25, -0.2) is 13.1 Å². The minimum absolute atomic E-state index is 0.00120. The molecule has 0 saturated carbocycles. The highest BCUT2D eigenvalue weighted by atomic mass is 35.5. The van der Waals surface area contributed by atoms with Gasteiger partial charge in [0.2, 0.25) is 10.0 Å². The lowest BCUT2D eigenvalue weighted by molar-refractivity contribution is 0.0952. The number of hydrogen-bond acceptors (Lipinski definition) is 5. The fourth-order valence-corrected chi connectivity index (χ4v) is 5.25. The Labute approximate surface area is 185 Å². The zero-order valence-corrected chi connectivity index (χ0v) is 19.1. The van der Waals surface area contributed by atoms with E-state index in [1.165, 1.54) is 37.1 Å². The van der Waals surface area contributed by atoms with E-state index in [-0.39, 0.29) is 17.0 Å². The van der Waals surface area contributed by atoms with E-state index in [1.807, 2.05) is 0 Å². The number of carbonyl (C=O) groups excluding carboxylic acids is 1. The first-order valence-electron chi connectivity index (χ1n) is 8.76. The highest BCUT2D eigenvalue weighted by molar-refractivity contribution is 7.98. The molecule has 0 saturated heterocycles. The molecule has 0 fully saturated rings. The third kappa shape index (κ3) is 6.52. The van der Waals surface area contributed by atoms with Gasteiger partial charge in [0.05, 0.1) is 17.6 Å². The maximum atomic E-state index is 12.6. The monoisotopic (exact) mass is 476 g/mol. The first-order valence-corrected chi connectivity index (χ1v) is 12.2. The van der Waals surface area contributed by atoms with Crippen LogP contribution in [0.4, 0.5) is 0 Å². The number of halogens is 2. The van der Waals surface area contributed by atoms with Crippen molar-refractivity contribution in [2.24, 2.45) is 0 Å². The maximum Gasteiger partial charge on any atom is 0.255 e. The van der Waals surface area contributed by atoms with E-state index in [9.17, 15) is 13.2 Å². The number of hydrogen-bond donors (Lipinski definition) is 2. The van der Waals surface area contributed by atoms with E-state index in [4.69, 9.17) is 27.9 Å². The van der Waals surface area contributed by atoms with Crippen LogP contribution in [-0.2, 0) is 15.8 Å². The summed E-state index contributed by atoms with van der Waals surface area (Å²) < 4.78 is 32.8. The van der Waals surface area contributed by atoms with Crippen molar-refractivity contribution >= 4 is 50.9 Å². The lowest BCUT2D eigenvalue weighted by Gasteiger charge is -2.12. The summed E-state index contributed by atoms with van der Waals surface area (Å²) in [6.07, 6.45) is 0. The summed E-state index contributed by atoms with van der Waals surface area (Å²) in [5.41, 5.74) is 0.991. The van der Waals surface area contributed by atoms with Gasteiger partial charge in [-0.15, -0.1) is 0 Å². The van der Waals surface area contributed by atoms with Gasteiger partial charge >= 0.3 is 0 Å². The van der Waals surface area contributed by atoms with E-state index in [0.29, 0.717) is 33.8 Å². The highest BCUT2D eigenvalue weighted by Gasteiger charge is 2.19. The number of ether oxygens (including phenoxy) is 1. The van der Waals surface area contributed by atoms with E-state index in [0.717, 1.165) is 5.56 Å². The zero-order chi connectivity index (χ0) is 21.4. The van der Waals surface area contributed by atoms with Gasteiger partial charge < -0.3 is 10.1 Å². The first-order chi connectivity index (χ1) is 13.8. The summed E-state index contributed by atoms with van der Waals surface area (Å²) in [5.74, 6) is 1.01. The third-order valence-corrected chi connectivity index (χ3v) is 7.06. The van der Waals surface area contributed by atoms with Gasteiger partial charge in [-0.2, -0.15) is 11.8 Å². The molecule has 2 aromatic carbocycles. The average Bonchev–Trinajstić information content (AvgIpc) is 2.69. The molecule has 2 N–H and O–H groups in total. The van der Waals surface area contributed by atoms with Crippen LogP contribution in [-0.4, -0.2) is 40.3 Å². The number of nitrogens with one attached hydrogen (secondary N) is 2. The molecule has 10 heteroatoms. The molecule has 158 valence electrons. The molecule has 1 amide bonds. The lowest BCUT2D eigenvalue weighted by Crippen LogP contribution is -2.27. The van der Waals surface area contributed by atoms with Gasteiger partial charge in [-0.05, 0) is 42.8 Å².